The molecule has 2 rings (SSSR count). The summed E-state index contributed by atoms with van der Waals surface area (Å²) < 4.78 is 0. The van der Waals surface area contributed by atoms with Crippen LogP contribution in [0.4, 0.5) is 0 Å². The maximum atomic E-state index is 13.0. The lowest BCUT2D eigenvalue weighted by Crippen LogP contribution is -2.48. The Hall–Kier alpha value is -1.10. The number of carbonyl (C=O) groups is 2. The molecule has 0 aromatic heterocycles. The molecule has 1 saturated heterocycles. The van der Waals surface area contributed by atoms with Crippen LogP contribution in [0.2, 0.25) is 0 Å². The van der Waals surface area contributed by atoms with Crippen LogP contribution in [0.3, 0.4) is 0 Å². The van der Waals surface area contributed by atoms with E-state index in [2.05, 4.69) is 12.2 Å². The molecule has 0 spiro atoms. The van der Waals surface area contributed by atoms with Crippen LogP contribution in [0, 0.1) is 17.8 Å². The number of likely N-dealkylation sites (tertiary alicyclic amines) is 1. The minimum Gasteiger partial charge on any atom is -0.355 e. The van der Waals surface area contributed by atoms with Crippen molar-refractivity contribution in [2.45, 2.75) is 64.7 Å². The fourth-order valence-corrected chi connectivity index (χ4v) is 4.26. The van der Waals surface area contributed by atoms with Gasteiger partial charge in [0.25, 0.3) is 0 Å². The summed E-state index contributed by atoms with van der Waals surface area (Å²) in [4.78, 5) is 27.1. The maximum Gasteiger partial charge on any atom is 0.225 e. The van der Waals surface area contributed by atoms with Crippen LogP contribution < -0.4 is 11.1 Å². The van der Waals surface area contributed by atoms with Crippen LogP contribution in [-0.2, 0) is 9.59 Å². The molecule has 1 saturated carbocycles. The Kier molecular flexibility index (Phi) is 8.03. The van der Waals surface area contributed by atoms with Gasteiger partial charge in [0.2, 0.25) is 11.8 Å². The highest BCUT2D eigenvalue weighted by atomic mass is 16.2. The van der Waals surface area contributed by atoms with Crippen LogP contribution >= 0.6 is 0 Å². The molecule has 3 N–H and O–H groups in total. The first-order valence-electron chi connectivity index (χ1n) is 9.92. The predicted octanol–water partition coefficient (Wildman–Crippen LogP) is 2.30. The van der Waals surface area contributed by atoms with Gasteiger partial charge in [-0.2, -0.15) is 0 Å². The molecule has 2 aliphatic rings. The Labute approximate surface area is 146 Å². The third-order valence-electron chi connectivity index (χ3n) is 5.73. The second kappa shape index (κ2) is 10.0. The summed E-state index contributed by atoms with van der Waals surface area (Å²) in [7, 11) is 0. The first-order chi connectivity index (χ1) is 11.7. The topological polar surface area (TPSA) is 75.4 Å². The molecule has 1 aliphatic heterocycles. The molecule has 2 fully saturated rings. The molecule has 0 bridgehead atoms. The van der Waals surface area contributed by atoms with E-state index in [0.717, 1.165) is 38.1 Å². The van der Waals surface area contributed by atoms with Crippen molar-refractivity contribution < 1.29 is 9.59 Å². The van der Waals surface area contributed by atoms with Crippen LogP contribution in [0.15, 0.2) is 0 Å². The molecule has 0 aromatic rings. The molecule has 2 unspecified atom stereocenters. The van der Waals surface area contributed by atoms with Gasteiger partial charge in [0.05, 0.1) is 5.92 Å². The van der Waals surface area contributed by atoms with Crippen molar-refractivity contribution in [3.63, 3.8) is 0 Å². The molecule has 1 heterocycles. The molecule has 1 aliphatic carbocycles. The average Bonchev–Trinajstić information content (AvgIpc) is 2.64. The van der Waals surface area contributed by atoms with Gasteiger partial charge in [-0.1, -0.05) is 39.0 Å². The van der Waals surface area contributed by atoms with Gasteiger partial charge in [-0.15, -0.1) is 0 Å². The molecule has 0 radical (unpaired) electrons. The van der Waals surface area contributed by atoms with Gasteiger partial charge in [-0.25, -0.2) is 0 Å². The zero-order valence-electron chi connectivity index (χ0n) is 15.3. The predicted molar refractivity (Wildman–Crippen MR) is 96.3 cm³/mol. The molecular formula is C19H35N3O2. The fraction of sp³-hybridized carbons (Fsp3) is 0.895. The number of nitrogens with two attached hydrogens (primary N) is 1. The van der Waals surface area contributed by atoms with E-state index in [1.165, 1.54) is 32.1 Å². The van der Waals surface area contributed by atoms with Gasteiger partial charge in [0.15, 0.2) is 0 Å². The second-order valence-electron chi connectivity index (χ2n) is 7.55. The largest absolute Gasteiger partial charge is 0.355 e. The van der Waals surface area contributed by atoms with Crippen molar-refractivity contribution in [1.29, 1.82) is 0 Å². The van der Waals surface area contributed by atoms with Crippen molar-refractivity contribution in [3.8, 4) is 0 Å². The number of nitrogens with zero attached hydrogens (tertiary/aromatic N) is 1. The summed E-state index contributed by atoms with van der Waals surface area (Å²) in [5, 5.41) is 2.87. The molecule has 5 heteroatoms. The number of rotatable bonds is 7. The quantitative estimate of drug-likeness (QED) is 0.748. The smallest absolute Gasteiger partial charge is 0.225 e. The lowest BCUT2D eigenvalue weighted by molar-refractivity contribution is -0.140. The Bertz CT molecular complexity index is 407. The van der Waals surface area contributed by atoms with Crippen molar-refractivity contribution in [3.05, 3.63) is 0 Å². The first kappa shape index (κ1) is 19.2. The number of amides is 2. The van der Waals surface area contributed by atoms with Crippen LogP contribution in [-0.4, -0.2) is 42.9 Å². The van der Waals surface area contributed by atoms with Gasteiger partial charge in [0, 0.05) is 32.1 Å². The van der Waals surface area contributed by atoms with Crippen molar-refractivity contribution in [2.75, 3.05) is 26.2 Å². The molecule has 138 valence electrons. The number of hydrogen-bond donors (Lipinski definition) is 2. The standard InChI is InChI=1S/C19H35N3O2/c1-2-16(13-15-7-4-3-5-8-15)19(24)22-12-6-9-17(14-22)18(23)21-11-10-20/h15-17H,2-14,20H2,1H3,(H,21,23). The number of hydrogen-bond acceptors (Lipinski definition) is 3. The molecule has 5 nitrogen and oxygen atoms in total. The molecule has 24 heavy (non-hydrogen) atoms. The first-order valence-corrected chi connectivity index (χ1v) is 9.92. The van der Waals surface area contributed by atoms with Gasteiger partial charge < -0.3 is 16.0 Å². The second-order valence-corrected chi connectivity index (χ2v) is 7.55. The highest BCUT2D eigenvalue weighted by molar-refractivity contribution is 5.82. The van der Waals surface area contributed by atoms with Gasteiger partial charge in [0.1, 0.15) is 0 Å². The summed E-state index contributed by atoms with van der Waals surface area (Å²) in [6.07, 6.45) is 10.3. The SMILES string of the molecule is CCC(CC1CCCCC1)C(=O)N1CCCC(C(=O)NCCN)C1. The Morgan fingerprint density at radius 3 is 2.58 bits per heavy atom. The van der Waals surface area contributed by atoms with Crippen molar-refractivity contribution in [2.24, 2.45) is 23.5 Å². The minimum atomic E-state index is -0.0681. The summed E-state index contributed by atoms with van der Waals surface area (Å²) >= 11 is 0. The fourth-order valence-electron chi connectivity index (χ4n) is 4.26. The van der Waals surface area contributed by atoms with Crippen molar-refractivity contribution in [1.82, 2.24) is 10.2 Å². The van der Waals surface area contributed by atoms with Crippen LogP contribution in [0.1, 0.15) is 64.7 Å². The number of nitrogens with one attached hydrogen (secondary N) is 1. The van der Waals surface area contributed by atoms with E-state index in [4.69, 9.17) is 5.73 Å². The van der Waals surface area contributed by atoms with Crippen molar-refractivity contribution >= 4 is 11.8 Å². The third-order valence-corrected chi connectivity index (χ3v) is 5.73. The summed E-state index contributed by atoms with van der Waals surface area (Å²) in [6.45, 7) is 4.49. The lowest BCUT2D eigenvalue weighted by Gasteiger charge is -2.35. The van der Waals surface area contributed by atoms with E-state index in [0.29, 0.717) is 19.6 Å². The lowest BCUT2D eigenvalue weighted by atomic mass is 9.81. The van der Waals surface area contributed by atoms with E-state index in [1.807, 2.05) is 4.90 Å². The Balaban J connectivity index is 1.87. The minimum absolute atomic E-state index is 0.0540. The van der Waals surface area contributed by atoms with Gasteiger partial charge >= 0.3 is 0 Å². The molecule has 0 aromatic carbocycles. The highest BCUT2D eigenvalue weighted by Gasteiger charge is 2.32. The van der Waals surface area contributed by atoms with E-state index in [-0.39, 0.29) is 23.7 Å². The summed E-state index contributed by atoms with van der Waals surface area (Å²) in [5.41, 5.74) is 5.45. The van der Waals surface area contributed by atoms with Crippen LogP contribution in [0.5, 0.6) is 0 Å². The normalized spacial score (nSPS) is 23.8. The zero-order chi connectivity index (χ0) is 17.4. The average molecular weight is 338 g/mol. The number of piperidine rings is 1. The van der Waals surface area contributed by atoms with Gasteiger partial charge in [-0.3, -0.25) is 9.59 Å². The Morgan fingerprint density at radius 1 is 1.17 bits per heavy atom. The van der Waals surface area contributed by atoms with Crippen LogP contribution in [0.25, 0.3) is 0 Å². The molecular weight excluding hydrogens is 302 g/mol. The zero-order valence-corrected chi connectivity index (χ0v) is 15.3. The maximum absolute atomic E-state index is 13.0. The van der Waals surface area contributed by atoms with E-state index in [9.17, 15) is 9.59 Å². The number of carbonyl (C=O) groups excluding carboxylic acids is 2. The summed E-state index contributed by atoms with van der Waals surface area (Å²) in [5.74, 6) is 1.12. The van der Waals surface area contributed by atoms with E-state index in [1.54, 1.807) is 0 Å². The van der Waals surface area contributed by atoms with E-state index < -0.39 is 0 Å². The third kappa shape index (κ3) is 5.47. The monoisotopic (exact) mass is 337 g/mol. The van der Waals surface area contributed by atoms with Gasteiger partial charge in [-0.05, 0) is 31.6 Å². The summed E-state index contributed by atoms with van der Waals surface area (Å²) in [6, 6.07) is 0. The van der Waals surface area contributed by atoms with E-state index >= 15 is 0 Å². The highest BCUT2D eigenvalue weighted by Crippen LogP contribution is 2.31. The molecule has 2 atom stereocenters. The molecule has 2 amide bonds. The Morgan fingerprint density at radius 2 is 1.92 bits per heavy atom.